The maximum absolute atomic E-state index is 13.4. The summed E-state index contributed by atoms with van der Waals surface area (Å²) in [5.74, 6) is -0.224. The van der Waals surface area contributed by atoms with E-state index in [4.69, 9.17) is 4.74 Å². The molecule has 134 valence electrons. The molecule has 7 heteroatoms. The van der Waals surface area contributed by atoms with Gasteiger partial charge in [-0.3, -0.25) is 9.48 Å². The van der Waals surface area contributed by atoms with E-state index in [1.54, 1.807) is 48.8 Å². The van der Waals surface area contributed by atoms with Gasteiger partial charge in [-0.05, 0) is 32.4 Å². The topological polar surface area (TPSA) is 67.6 Å². The molecule has 0 saturated carbocycles. The van der Waals surface area contributed by atoms with Crippen LogP contribution in [0.1, 0.15) is 29.4 Å². The lowest BCUT2D eigenvalue weighted by molar-refractivity contribution is -0.0882. The number of hydrogen-bond acceptors (Lipinski definition) is 4. The number of aryl methyl sites for hydroxylation is 2. The van der Waals surface area contributed by atoms with Crippen LogP contribution in [-0.4, -0.2) is 50.5 Å². The van der Waals surface area contributed by atoms with Crippen molar-refractivity contribution in [3.05, 3.63) is 47.5 Å². The zero-order valence-corrected chi connectivity index (χ0v) is 14.6. The summed E-state index contributed by atoms with van der Waals surface area (Å²) in [4.78, 5) is 14.4. The monoisotopic (exact) mass is 347 g/mol. The van der Waals surface area contributed by atoms with Crippen molar-refractivity contribution in [1.29, 1.82) is 0 Å². The van der Waals surface area contributed by atoms with Crippen LogP contribution in [0.4, 0.5) is 4.39 Å². The van der Waals surface area contributed by atoms with Gasteiger partial charge >= 0.3 is 0 Å². The predicted molar refractivity (Wildman–Crippen MR) is 89.9 cm³/mol. The van der Waals surface area contributed by atoms with Crippen molar-refractivity contribution in [1.82, 2.24) is 14.7 Å². The van der Waals surface area contributed by atoms with Gasteiger partial charge in [-0.15, -0.1) is 0 Å². The lowest BCUT2D eigenvalue weighted by atomic mass is 9.90. The third-order valence-corrected chi connectivity index (χ3v) is 4.57. The molecule has 0 spiro atoms. The zero-order chi connectivity index (χ0) is 18.2. The molecule has 1 aromatic carbocycles. The van der Waals surface area contributed by atoms with Gasteiger partial charge in [-0.1, -0.05) is 6.07 Å². The molecule has 0 bridgehead atoms. The smallest absolute Gasteiger partial charge is 0.257 e. The average molecular weight is 347 g/mol. The van der Waals surface area contributed by atoms with Crippen LogP contribution in [0.15, 0.2) is 30.5 Å². The largest absolute Gasteiger partial charge is 0.485 e. The van der Waals surface area contributed by atoms with E-state index in [0.717, 1.165) is 0 Å². The number of likely N-dealkylation sites (tertiary alicyclic amines) is 1. The summed E-state index contributed by atoms with van der Waals surface area (Å²) in [6.07, 6.45) is 1.41. The lowest BCUT2D eigenvalue weighted by Gasteiger charge is -2.42. The Balaban J connectivity index is 1.78. The maximum Gasteiger partial charge on any atom is 0.257 e. The molecule has 6 nitrogen and oxygen atoms in total. The summed E-state index contributed by atoms with van der Waals surface area (Å²) in [5.41, 5.74) is 0.0913. The molecule has 1 aliphatic rings. The molecule has 2 atom stereocenters. The molecule has 0 unspecified atom stereocenters. The Labute approximate surface area is 145 Å². The number of ether oxygens (including phenoxy) is 1. The van der Waals surface area contributed by atoms with Crippen molar-refractivity contribution in [2.45, 2.75) is 32.0 Å². The number of amides is 1. The number of benzene rings is 1. The van der Waals surface area contributed by atoms with Crippen molar-refractivity contribution >= 4 is 5.91 Å². The number of aromatic nitrogens is 2. The van der Waals surface area contributed by atoms with Crippen LogP contribution < -0.4 is 4.74 Å². The third kappa shape index (κ3) is 3.66. The van der Waals surface area contributed by atoms with Crippen LogP contribution in [-0.2, 0) is 7.05 Å². The molecule has 25 heavy (non-hydrogen) atoms. The minimum absolute atomic E-state index is 0.144. The molecule has 1 aliphatic heterocycles. The molecule has 1 fully saturated rings. The number of halogens is 1. The van der Waals surface area contributed by atoms with E-state index in [1.165, 1.54) is 12.1 Å². The molecule has 1 saturated heterocycles. The number of aliphatic hydroxyl groups is 1. The Hall–Kier alpha value is -2.41. The van der Waals surface area contributed by atoms with E-state index in [-0.39, 0.29) is 12.5 Å². The number of piperidine rings is 1. The van der Waals surface area contributed by atoms with Crippen LogP contribution in [0.5, 0.6) is 5.75 Å². The lowest BCUT2D eigenvalue weighted by Crippen LogP contribution is -2.57. The first kappa shape index (κ1) is 17.4. The van der Waals surface area contributed by atoms with E-state index in [1.807, 2.05) is 0 Å². The zero-order valence-electron chi connectivity index (χ0n) is 14.6. The summed E-state index contributed by atoms with van der Waals surface area (Å²) in [6.45, 7) is 4.10. The van der Waals surface area contributed by atoms with Crippen LogP contribution in [0.25, 0.3) is 0 Å². The Bertz CT molecular complexity index is 788. The highest BCUT2D eigenvalue weighted by Crippen LogP contribution is 2.28. The number of carbonyl (C=O) groups is 1. The van der Waals surface area contributed by atoms with Crippen LogP contribution in [0.3, 0.4) is 0 Å². The molecule has 0 aliphatic carbocycles. The summed E-state index contributed by atoms with van der Waals surface area (Å²) in [6, 6.07) is 5.77. The van der Waals surface area contributed by atoms with Crippen molar-refractivity contribution in [2.75, 3.05) is 13.1 Å². The van der Waals surface area contributed by atoms with Gasteiger partial charge in [0.2, 0.25) is 0 Å². The van der Waals surface area contributed by atoms with Gasteiger partial charge in [0, 0.05) is 25.9 Å². The number of hydrogen-bond donors (Lipinski definition) is 1. The molecule has 0 radical (unpaired) electrons. The number of nitrogens with zero attached hydrogens (tertiary/aromatic N) is 3. The van der Waals surface area contributed by atoms with Gasteiger partial charge in [-0.2, -0.15) is 5.10 Å². The van der Waals surface area contributed by atoms with Gasteiger partial charge < -0.3 is 14.7 Å². The summed E-state index contributed by atoms with van der Waals surface area (Å²) >= 11 is 0. The van der Waals surface area contributed by atoms with Crippen molar-refractivity contribution in [3.63, 3.8) is 0 Å². The Kier molecular flexibility index (Phi) is 4.51. The number of carbonyl (C=O) groups excluding carboxylic acids is 1. The highest BCUT2D eigenvalue weighted by atomic mass is 19.1. The standard InChI is InChI=1S/C18H22FN3O3/c1-12-15(10-21(3)20-12)17(23)22-8-7-18(2,24)16(11-22)25-14-6-4-5-13(19)9-14/h4-6,9-10,16,24H,7-8,11H2,1-3H3/t16-,18-/m1/s1. The third-order valence-electron chi connectivity index (χ3n) is 4.57. The minimum Gasteiger partial charge on any atom is -0.485 e. The Morgan fingerprint density at radius 3 is 2.88 bits per heavy atom. The minimum atomic E-state index is -1.10. The highest BCUT2D eigenvalue weighted by molar-refractivity contribution is 5.95. The quantitative estimate of drug-likeness (QED) is 0.921. The molecular formula is C18H22FN3O3. The fraction of sp³-hybridized carbons (Fsp3) is 0.444. The first-order chi connectivity index (χ1) is 11.8. The number of rotatable bonds is 3. The molecule has 2 aromatic rings. The second-order valence-electron chi connectivity index (χ2n) is 6.72. The van der Waals surface area contributed by atoms with E-state index >= 15 is 0 Å². The van der Waals surface area contributed by atoms with Gasteiger partial charge in [0.1, 0.15) is 23.3 Å². The van der Waals surface area contributed by atoms with Gasteiger partial charge in [0.15, 0.2) is 0 Å². The fourth-order valence-electron chi connectivity index (χ4n) is 3.04. The van der Waals surface area contributed by atoms with Crippen molar-refractivity contribution in [3.8, 4) is 5.75 Å². The Morgan fingerprint density at radius 2 is 2.24 bits per heavy atom. The van der Waals surface area contributed by atoms with Crippen LogP contribution >= 0.6 is 0 Å². The molecule has 1 amide bonds. The first-order valence-electron chi connectivity index (χ1n) is 8.20. The van der Waals surface area contributed by atoms with Gasteiger partial charge in [0.25, 0.3) is 5.91 Å². The van der Waals surface area contributed by atoms with E-state index in [0.29, 0.717) is 30.0 Å². The summed E-state index contributed by atoms with van der Waals surface area (Å²) in [5, 5.41) is 14.8. The highest BCUT2D eigenvalue weighted by Gasteiger charge is 2.41. The SMILES string of the molecule is Cc1nn(C)cc1C(=O)N1CC[C@@](C)(O)[C@H](Oc2cccc(F)c2)C1. The Morgan fingerprint density at radius 1 is 1.48 bits per heavy atom. The molecule has 1 N–H and O–H groups in total. The second kappa shape index (κ2) is 6.48. The molecular weight excluding hydrogens is 325 g/mol. The van der Waals surface area contributed by atoms with Crippen molar-refractivity contribution < 1.29 is 19.0 Å². The first-order valence-corrected chi connectivity index (χ1v) is 8.20. The van der Waals surface area contributed by atoms with E-state index in [9.17, 15) is 14.3 Å². The van der Waals surface area contributed by atoms with Crippen LogP contribution in [0.2, 0.25) is 0 Å². The van der Waals surface area contributed by atoms with Crippen molar-refractivity contribution in [2.24, 2.45) is 7.05 Å². The summed E-state index contributed by atoms with van der Waals surface area (Å²) < 4.78 is 20.8. The average Bonchev–Trinajstić information content (AvgIpc) is 2.87. The molecule has 2 heterocycles. The maximum atomic E-state index is 13.4. The second-order valence-corrected chi connectivity index (χ2v) is 6.72. The summed E-state index contributed by atoms with van der Waals surface area (Å²) in [7, 11) is 1.76. The van der Waals surface area contributed by atoms with Gasteiger partial charge in [-0.25, -0.2) is 4.39 Å². The van der Waals surface area contributed by atoms with Gasteiger partial charge in [0.05, 0.1) is 17.8 Å². The molecule has 1 aromatic heterocycles. The van der Waals surface area contributed by atoms with Crippen LogP contribution in [0, 0.1) is 12.7 Å². The molecule has 3 rings (SSSR count). The predicted octanol–water partition coefficient (Wildman–Crippen LogP) is 1.91. The fourth-order valence-corrected chi connectivity index (χ4v) is 3.04. The normalized spacial score (nSPS) is 23.6. The van der Waals surface area contributed by atoms with E-state index < -0.39 is 17.5 Å². The van der Waals surface area contributed by atoms with E-state index in [2.05, 4.69) is 5.10 Å².